The molecule has 0 bridgehead atoms. The summed E-state index contributed by atoms with van der Waals surface area (Å²) in [5.41, 5.74) is 4.20. The number of aromatic nitrogens is 3. The molecule has 46 heavy (non-hydrogen) atoms. The zero-order valence-corrected chi connectivity index (χ0v) is 29.8. The molecule has 0 radical (unpaired) electrons. The highest BCUT2D eigenvalue weighted by Gasteiger charge is 2.37. The smallest absolute Gasteiger partial charge is 0.338 e. The van der Waals surface area contributed by atoms with E-state index in [0.717, 1.165) is 47.0 Å². The number of fused-ring (bicyclic) bond motifs is 1. The Kier molecular flexibility index (Phi) is 10.7. The van der Waals surface area contributed by atoms with E-state index in [1.165, 1.54) is 12.0 Å². The van der Waals surface area contributed by atoms with Crippen LogP contribution in [0.1, 0.15) is 68.7 Å². The molecule has 1 N–H and O–H groups in total. The summed E-state index contributed by atoms with van der Waals surface area (Å²) in [4.78, 5) is 18.8. The minimum absolute atomic E-state index is 0.0866. The molecule has 4 aromatic rings. The van der Waals surface area contributed by atoms with Crippen molar-refractivity contribution in [3.63, 3.8) is 0 Å². The molecule has 240 valence electrons. The summed E-state index contributed by atoms with van der Waals surface area (Å²) in [7, 11) is 0. The number of hydrogen-bond donors (Lipinski definition) is 1. The van der Waals surface area contributed by atoms with Crippen LogP contribution in [-0.4, -0.2) is 33.4 Å². The van der Waals surface area contributed by atoms with Gasteiger partial charge in [0.25, 0.3) is 0 Å². The van der Waals surface area contributed by atoms with Gasteiger partial charge < -0.3 is 19.5 Å². The van der Waals surface area contributed by atoms with Crippen LogP contribution in [0.2, 0.25) is 0 Å². The van der Waals surface area contributed by atoms with E-state index in [1.807, 2.05) is 68.4 Å². The number of nitrogens with zero attached hydrogens (tertiary/aromatic N) is 3. The Morgan fingerprint density at radius 2 is 1.76 bits per heavy atom. The van der Waals surface area contributed by atoms with E-state index in [0.29, 0.717) is 51.6 Å². The van der Waals surface area contributed by atoms with Crippen LogP contribution in [0.3, 0.4) is 0 Å². The Morgan fingerprint density at radius 1 is 1.00 bits per heavy atom. The van der Waals surface area contributed by atoms with E-state index in [-0.39, 0.29) is 12.1 Å². The van der Waals surface area contributed by atoms with Crippen LogP contribution in [0, 0.1) is 0 Å². The van der Waals surface area contributed by atoms with Crippen LogP contribution in [0.4, 0.5) is 5.95 Å². The average Bonchev–Trinajstić information content (AvgIpc) is 3.47. The van der Waals surface area contributed by atoms with Crippen molar-refractivity contribution in [1.82, 2.24) is 14.8 Å². The van der Waals surface area contributed by atoms with E-state index >= 15 is 0 Å². The number of ether oxygens (including phenoxy) is 3. The second-order valence-corrected chi connectivity index (χ2v) is 14.1. The van der Waals surface area contributed by atoms with Crippen LogP contribution >= 0.6 is 43.6 Å². The number of carbonyl (C=O) groups is 1. The molecule has 11 heteroatoms. The number of halogens is 2. The monoisotopic (exact) mass is 766 g/mol. The maximum atomic E-state index is 14.0. The number of esters is 1. The minimum Gasteiger partial charge on any atom is -0.490 e. The van der Waals surface area contributed by atoms with Crippen molar-refractivity contribution in [2.24, 2.45) is 0 Å². The van der Waals surface area contributed by atoms with Crippen LogP contribution in [0.5, 0.6) is 11.5 Å². The van der Waals surface area contributed by atoms with E-state index in [4.69, 9.17) is 24.3 Å². The molecule has 0 saturated heterocycles. The fraction of sp³-hybridized carbons (Fsp3) is 0.343. The third-order valence-corrected chi connectivity index (χ3v) is 10.1. The Balaban J connectivity index is 1.36. The molecule has 1 aromatic heterocycles. The highest BCUT2D eigenvalue weighted by molar-refractivity contribution is 9.10. The maximum absolute atomic E-state index is 14.0. The van der Waals surface area contributed by atoms with E-state index in [1.54, 1.807) is 16.4 Å². The number of thioether (sulfide) groups is 1. The lowest BCUT2D eigenvalue weighted by atomic mass is 9.94. The standard InChI is InChI=1S/C35H36Br2N4O4S/c1-3-43-29-19-25(18-28(37)32(29)44-20-23-14-16-26(36)17-15-23)31-30(33(42)45-27-12-8-5-9-13-27)22(2)38-34-39-35(40-41(31)34)46-21-24-10-6-4-7-11-24/h4,6-7,10-11,14-19,27,31H,3,5,8-9,12-13,20-21H2,1-2H3,(H,38,39,40). The van der Waals surface area contributed by atoms with E-state index in [2.05, 4.69) is 49.3 Å². The predicted molar refractivity (Wildman–Crippen MR) is 187 cm³/mol. The fourth-order valence-electron chi connectivity index (χ4n) is 5.77. The van der Waals surface area contributed by atoms with Crippen molar-refractivity contribution >= 4 is 55.5 Å². The van der Waals surface area contributed by atoms with Gasteiger partial charge >= 0.3 is 5.97 Å². The third kappa shape index (κ3) is 7.64. The van der Waals surface area contributed by atoms with Gasteiger partial charge in [-0.25, -0.2) is 9.48 Å². The van der Waals surface area contributed by atoms with Gasteiger partial charge in [0.2, 0.25) is 11.1 Å². The van der Waals surface area contributed by atoms with Gasteiger partial charge in [0, 0.05) is 15.9 Å². The summed E-state index contributed by atoms with van der Waals surface area (Å²) in [5.74, 6) is 2.11. The Morgan fingerprint density at radius 3 is 2.50 bits per heavy atom. The molecule has 2 aliphatic rings. The van der Waals surface area contributed by atoms with Crippen molar-refractivity contribution in [3.8, 4) is 11.5 Å². The van der Waals surface area contributed by atoms with Gasteiger partial charge in [-0.2, -0.15) is 4.98 Å². The first-order chi connectivity index (χ1) is 22.4. The molecule has 1 fully saturated rings. The fourth-order valence-corrected chi connectivity index (χ4v) is 7.39. The molecule has 3 aromatic carbocycles. The quantitative estimate of drug-likeness (QED) is 0.119. The lowest BCUT2D eigenvalue weighted by Crippen LogP contribution is -2.32. The third-order valence-electron chi connectivity index (χ3n) is 8.03. The second-order valence-electron chi connectivity index (χ2n) is 11.3. The lowest BCUT2D eigenvalue weighted by molar-refractivity contribution is -0.146. The number of hydrogen-bond acceptors (Lipinski definition) is 8. The van der Waals surface area contributed by atoms with Gasteiger partial charge in [-0.3, -0.25) is 0 Å². The molecule has 2 heterocycles. The van der Waals surface area contributed by atoms with Crippen LogP contribution in [0.25, 0.3) is 0 Å². The average molecular weight is 769 g/mol. The summed E-state index contributed by atoms with van der Waals surface area (Å²) in [6, 6.07) is 21.5. The molecule has 1 unspecified atom stereocenters. The molecule has 8 nitrogen and oxygen atoms in total. The highest BCUT2D eigenvalue weighted by atomic mass is 79.9. The van der Waals surface area contributed by atoms with E-state index < -0.39 is 6.04 Å². The normalized spacial score (nSPS) is 16.5. The summed E-state index contributed by atoms with van der Waals surface area (Å²) in [6.07, 6.45) is 5.00. The minimum atomic E-state index is -0.595. The largest absolute Gasteiger partial charge is 0.490 e. The summed E-state index contributed by atoms with van der Waals surface area (Å²) < 4.78 is 22.1. The van der Waals surface area contributed by atoms with Gasteiger partial charge in [-0.15, -0.1) is 5.10 Å². The molecule has 0 amide bonds. The SMILES string of the molecule is CCOc1cc(C2C(C(=O)OC3CCCCC3)=C(C)Nc3nc(SCc4ccccc4)nn32)cc(Br)c1OCc1ccc(Br)cc1. The number of benzene rings is 3. The molecule has 1 saturated carbocycles. The van der Waals surface area contributed by atoms with Crippen LogP contribution in [0.15, 0.2) is 92.1 Å². The van der Waals surface area contributed by atoms with Crippen molar-refractivity contribution in [2.75, 3.05) is 11.9 Å². The predicted octanol–water partition coefficient (Wildman–Crippen LogP) is 9.24. The number of nitrogens with one attached hydrogen (secondary N) is 1. The van der Waals surface area contributed by atoms with Crippen molar-refractivity contribution in [3.05, 3.63) is 104 Å². The van der Waals surface area contributed by atoms with Crippen molar-refractivity contribution in [1.29, 1.82) is 0 Å². The number of anilines is 1. The Hall–Kier alpha value is -3.28. The van der Waals surface area contributed by atoms with Gasteiger partial charge in [0.05, 0.1) is 16.7 Å². The molecule has 1 aliphatic carbocycles. The second kappa shape index (κ2) is 15.1. The first-order valence-electron chi connectivity index (χ1n) is 15.5. The number of rotatable bonds is 11. The van der Waals surface area contributed by atoms with Crippen molar-refractivity contribution < 1.29 is 19.0 Å². The number of allylic oxidation sites excluding steroid dienone is 1. The van der Waals surface area contributed by atoms with Crippen LogP contribution < -0.4 is 14.8 Å². The summed E-state index contributed by atoms with van der Waals surface area (Å²) in [5, 5.41) is 8.88. The molecule has 1 atom stereocenters. The molecule has 6 rings (SSSR count). The first-order valence-corrected chi connectivity index (χ1v) is 18.1. The van der Waals surface area contributed by atoms with E-state index in [9.17, 15) is 4.79 Å². The van der Waals surface area contributed by atoms with Gasteiger partial charge in [0.1, 0.15) is 18.8 Å². The maximum Gasteiger partial charge on any atom is 0.338 e. The van der Waals surface area contributed by atoms with Crippen molar-refractivity contribution in [2.45, 2.75) is 75.6 Å². The summed E-state index contributed by atoms with van der Waals surface area (Å²) in [6.45, 7) is 4.64. The molecule has 0 spiro atoms. The Bertz CT molecular complexity index is 1710. The van der Waals surface area contributed by atoms with Gasteiger partial charge in [-0.05, 0) is 96.4 Å². The molecular weight excluding hydrogens is 732 g/mol. The topological polar surface area (TPSA) is 87.5 Å². The zero-order chi connectivity index (χ0) is 32.0. The highest BCUT2D eigenvalue weighted by Crippen LogP contribution is 2.44. The van der Waals surface area contributed by atoms with Crippen LogP contribution in [-0.2, 0) is 21.9 Å². The first kappa shape index (κ1) is 32.7. The van der Waals surface area contributed by atoms with Gasteiger partial charge in [0.15, 0.2) is 11.5 Å². The molecule has 1 aliphatic heterocycles. The lowest BCUT2D eigenvalue weighted by Gasteiger charge is -2.30. The zero-order valence-electron chi connectivity index (χ0n) is 25.8. The summed E-state index contributed by atoms with van der Waals surface area (Å²) >= 11 is 8.80. The molecular formula is C35H36Br2N4O4S. The Labute approximate surface area is 290 Å². The number of carbonyl (C=O) groups excluding carboxylic acids is 1. The van der Waals surface area contributed by atoms with Gasteiger partial charge in [-0.1, -0.05) is 76.6 Å².